The third-order valence-electron chi connectivity index (χ3n) is 7.31. The Morgan fingerprint density at radius 3 is 2.67 bits per heavy atom. The fraction of sp³-hybridized carbons (Fsp3) is 0.300. The maximum absolute atomic E-state index is 13.6. The molecule has 1 aliphatic heterocycles. The first-order valence-corrected chi connectivity index (χ1v) is 13.7. The number of ether oxygens (including phenoxy) is 1. The summed E-state index contributed by atoms with van der Waals surface area (Å²) in [6.07, 6.45) is 6.49. The number of rotatable bonds is 8. The normalized spacial score (nSPS) is 14.6. The highest BCUT2D eigenvalue weighted by Gasteiger charge is 2.20. The van der Waals surface area contributed by atoms with Crippen molar-refractivity contribution in [3.63, 3.8) is 0 Å². The van der Waals surface area contributed by atoms with Crippen LogP contribution in [0.2, 0.25) is 0 Å². The van der Waals surface area contributed by atoms with Gasteiger partial charge < -0.3 is 19.2 Å². The van der Waals surface area contributed by atoms with Gasteiger partial charge in [0.15, 0.2) is 0 Å². The highest BCUT2D eigenvalue weighted by molar-refractivity contribution is 7.17. The quantitative estimate of drug-likeness (QED) is 0.260. The van der Waals surface area contributed by atoms with E-state index in [2.05, 4.69) is 57.7 Å². The van der Waals surface area contributed by atoms with E-state index in [9.17, 15) is 4.79 Å². The Bertz CT molecular complexity index is 1500. The fourth-order valence-electron chi connectivity index (χ4n) is 5.31. The van der Waals surface area contributed by atoms with Gasteiger partial charge in [-0.1, -0.05) is 30.3 Å². The Kier molecular flexibility index (Phi) is 6.38. The second-order valence-corrected chi connectivity index (χ2v) is 10.6. The SMILES string of the molecule is Cn1c(C(=O)c2cn(CCCc3ccc(OC4CCNCC4)cc3)c3ccccc23)cc2sccc21. The molecule has 1 N–H and O–H groups in total. The molecule has 5 aromatic rings. The molecular formula is C30H31N3O2S. The zero-order valence-corrected chi connectivity index (χ0v) is 21.4. The topological polar surface area (TPSA) is 48.2 Å². The van der Waals surface area contributed by atoms with Crippen LogP contribution >= 0.6 is 11.3 Å². The van der Waals surface area contributed by atoms with Crippen LogP contribution in [0.5, 0.6) is 5.75 Å². The number of para-hydroxylation sites is 1. The van der Waals surface area contributed by atoms with Crippen LogP contribution in [0.15, 0.2) is 72.2 Å². The van der Waals surface area contributed by atoms with Crippen molar-refractivity contribution in [1.82, 2.24) is 14.5 Å². The van der Waals surface area contributed by atoms with Gasteiger partial charge in [-0.2, -0.15) is 0 Å². The summed E-state index contributed by atoms with van der Waals surface area (Å²) in [6.45, 7) is 2.94. The molecule has 1 saturated heterocycles. The summed E-state index contributed by atoms with van der Waals surface area (Å²) in [6, 6.07) is 20.9. The minimum absolute atomic E-state index is 0.0835. The second-order valence-electron chi connectivity index (χ2n) is 9.66. The number of fused-ring (bicyclic) bond motifs is 2. The first kappa shape index (κ1) is 23.1. The number of ketones is 1. The summed E-state index contributed by atoms with van der Waals surface area (Å²) in [7, 11) is 1.98. The van der Waals surface area contributed by atoms with Crippen molar-refractivity contribution < 1.29 is 9.53 Å². The number of hydrogen-bond acceptors (Lipinski definition) is 4. The molecule has 2 aromatic carbocycles. The van der Waals surface area contributed by atoms with Crippen LogP contribution in [0.25, 0.3) is 21.1 Å². The van der Waals surface area contributed by atoms with Crippen LogP contribution < -0.4 is 10.1 Å². The van der Waals surface area contributed by atoms with Gasteiger partial charge in [0.05, 0.1) is 15.9 Å². The fourth-order valence-corrected chi connectivity index (χ4v) is 6.16. The van der Waals surface area contributed by atoms with E-state index >= 15 is 0 Å². The summed E-state index contributed by atoms with van der Waals surface area (Å²) >= 11 is 1.67. The Hall–Kier alpha value is -3.35. The number of aromatic nitrogens is 2. The number of nitrogens with one attached hydrogen (secondary N) is 1. The first-order valence-electron chi connectivity index (χ1n) is 12.8. The van der Waals surface area contributed by atoms with Crippen molar-refractivity contribution in [2.75, 3.05) is 13.1 Å². The predicted octanol–water partition coefficient (Wildman–Crippen LogP) is 6.19. The molecule has 3 aromatic heterocycles. The average Bonchev–Trinajstić information content (AvgIpc) is 3.61. The van der Waals surface area contributed by atoms with Crippen molar-refractivity contribution in [2.45, 2.75) is 38.3 Å². The monoisotopic (exact) mass is 497 g/mol. The van der Waals surface area contributed by atoms with Crippen molar-refractivity contribution in [3.8, 4) is 5.75 Å². The van der Waals surface area contributed by atoms with Crippen LogP contribution in [0.1, 0.15) is 40.9 Å². The van der Waals surface area contributed by atoms with Gasteiger partial charge in [0, 0.05) is 36.3 Å². The number of thiophene rings is 1. The van der Waals surface area contributed by atoms with E-state index in [4.69, 9.17) is 4.74 Å². The summed E-state index contributed by atoms with van der Waals surface area (Å²) in [5.41, 5.74) is 5.05. The van der Waals surface area contributed by atoms with E-state index in [1.54, 1.807) is 11.3 Å². The van der Waals surface area contributed by atoms with E-state index in [0.29, 0.717) is 6.10 Å². The van der Waals surface area contributed by atoms with E-state index in [1.165, 1.54) is 5.56 Å². The zero-order valence-electron chi connectivity index (χ0n) is 20.6. The summed E-state index contributed by atoms with van der Waals surface area (Å²) < 4.78 is 11.5. The average molecular weight is 498 g/mol. The van der Waals surface area contributed by atoms with Gasteiger partial charge in [0.25, 0.3) is 0 Å². The highest BCUT2D eigenvalue weighted by atomic mass is 32.1. The molecule has 0 amide bonds. The Morgan fingerprint density at radius 1 is 1.06 bits per heavy atom. The lowest BCUT2D eigenvalue weighted by atomic mass is 10.1. The number of aryl methyl sites for hydroxylation is 3. The van der Waals surface area contributed by atoms with E-state index in [0.717, 1.165) is 83.4 Å². The molecule has 0 bridgehead atoms. The van der Waals surface area contributed by atoms with E-state index in [-0.39, 0.29) is 5.78 Å². The molecule has 0 aliphatic carbocycles. The molecule has 0 spiro atoms. The predicted molar refractivity (Wildman–Crippen MR) is 147 cm³/mol. The van der Waals surface area contributed by atoms with Crippen LogP contribution in [-0.4, -0.2) is 34.1 Å². The molecule has 1 fully saturated rings. The summed E-state index contributed by atoms with van der Waals surface area (Å²) in [4.78, 5) is 13.6. The standard InChI is InChI=1S/C30H31N3O2S/c1-32-27-14-18-36-29(27)19-28(32)30(34)25-20-33(26-7-3-2-6-24(25)26)17-4-5-21-8-10-22(11-9-21)35-23-12-15-31-16-13-23/h2-3,6-11,14,18-20,23,31H,4-5,12-13,15-17H2,1H3. The lowest BCUT2D eigenvalue weighted by Crippen LogP contribution is -2.34. The maximum atomic E-state index is 13.6. The van der Waals surface area contributed by atoms with E-state index < -0.39 is 0 Å². The molecule has 0 atom stereocenters. The highest BCUT2D eigenvalue weighted by Crippen LogP contribution is 2.29. The Labute approximate surface area is 215 Å². The third-order valence-corrected chi connectivity index (χ3v) is 8.16. The summed E-state index contributed by atoms with van der Waals surface area (Å²) in [5, 5.41) is 6.47. The van der Waals surface area contributed by atoms with Gasteiger partial charge in [-0.3, -0.25) is 4.79 Å². The van der Waals surface area contributed by atoms with Crippen molar-refractivity contribution in [2.24, 2.45) is 7.05 Å². The zero-order chi connectivity index (χ0) is 24.5. The van der Waals surface area contributed by atoms with Gasteiger partial charge in [-0.15, -0.1) is 11.3 Å². The number of carbonyl (C=O) groups excluding carboxylic acids is 1. The van der Waals surface area contributed by atoms with Crippen LogP contribution in [-0.2, 0) is 20.0 Å². The number of hydrogen-bond donors (Lipinski definition) is 1. The molecule has 6 rings (SSSR count). The van der Waals surface area contributed by atoms with Crippen LogP contribution in [0, 0.1) is 0 Å². The number of piperidine rings is 1. The smallest absolute Gasteiger partial charge is 0.211 e. The molecule has 0 saturated carbocycles. The number of carbonyl (C=O) groups is 1. The lowest BCUT2D eigenvalue weighted by molar-refractivity contribution is 0.103. The van der Waals surface area contributed by atoms with Crippen molar-refractivity contribution in [3.05, 3.63) is 89.1 Å². The van der Waals surface area contributed by atoms with Gasteiger partial charge in [0.1, 0.15) is 11.9 Å². The number of nitrogens with zero attached hydrogens (tertiary/aromatic N) is 2. The van der Waals surface area contributed by atoms with Gasteiger partial charge in [0.2, 0.25) is 5.78 Å². The largest absolute Gasteiger partial charge is 0.490 e. The van der Waals surface area contributed by atoms with Gasteiger partial charge in [-0.05, 0) is 80.0 Å². The van der Waals surface area contributed by atoms with Crippen molar-refractivity contribution >= 4 is 38.2 Å². The molecule has 0 unspecified atom stereocenters. The Morgan fingerprint density at radius 2 is 1.86 bits per heavy atom. The third kappa shape index (κ3) is 4.47. The maximum Gasteiger partial charge on any atom is 0.211 e. The molecule has 6 heteroatoms. The molecule has 4 heterocycles. The molecule has 1 aliphatic rings. The van der Waals surface area contributed by atoms with Crippen molar-refractivity contribution in [1.29, 1.82) is 0 Å². The molecule has 36 heavy (non-hydrogen) atoms. The molecule has 5 nitrogen and oxygen atoms in total. The molecule has 184 valence electrons. The van der Waals surface area contributed by atoms with Gasteiger partial charge >= 0.3 is 0 Å². The van der Waals surface area contributed by atoms with E-state index in [1.807, 2.05) is 36.0 Å². The Balaban J connectivity index is 1.15. The lowest BCUT2D eigenvalue weighted by Gasteiger charge is -2.23. The van der Waals surface area contributed by atoms with Crippen LogP contribution in [0.4, 0.5) is 0 Å². The summed E-state index contributed by atoms with van der Waals surface area (Å²) in [5.74, 6) is 1.05. The van der Waals surface area contributed by atoms with Crippen LogP contribution in [0.3, 0.4) is 0 Å². The second kappa shape index (κ2) is 9.96. The minimum atomic E-state index is 0.0835. The first-order chi connectivity index (χ1) is 17.7. The van der Waals surface area contributed by atoms with Gasteiger partial charge in [-0.25, -0.2) is 0 Å². The molecular weight excluding hydrogens is 466 g/mol. The number of benzene rings is 2. The molecule has 0 radical (unpaired) electrons. The minimum Gasteiger partial charge on any atom is -0.490 e.